The van der Waals surface area contributed by atoms with Crippen molar-refractivity contribution in [3.8, 4) is 0 Å². The second kappa shape index (κ2) is 7.49. The monoisotopic (exact) mass is 342 g/mol. The number of hydrogen-bond donors (Lipinski definition) is 1. The van der Waals surface area contributed by atoms with Crippen molar-refractivity contribution in [1.29, 1.82) is 0 Å². The molecule has 1 atom stereocenters. The summed E-state index contributed by atoms with van der Waals surface area (Å²) < 4.78 is 0. The molecule has 1 fully saturated rings. The maximum Gasteiger partial charge on any atom is 0.229 e. The Hall–Kier alpha value is -2.33. The van der Waals surface area contributed by atoms with E-state index in [0.29, 0.717) is 30.8 Å². The highest BCUT2D eigenvalue weighted by Crippen LogP contribution is 2.23. The average Bonchev–Trinajstić information content (AvgIpc) is 2.95. The Morgan fingerprint density at radius 1 is 1.12 bits per heavy atom. The zero-order chi connectivity index (χ0) is 16.9. The van der Waals surface area contributed by atoms with Gasteiger partial charge in [0.1, 0.15) is 0 Å². The largest absolute Gasteiger partial charge is 0.351 e. The standard InChI is InChI=1S/C19H19ClN2O2/c20-15-7-9-17(10-8-15)22-13-16(12-19(22)24)21-18(23)11-6-14-4-2-1-3-5-14/h1-5,7-10,16H,6,11-13H2,(H,21,23). The summed E-state index contributed by atoms with van der Waals surface area (Å²) in [5.74, 6) is 0.000269. The Bertz CT molecular complexity index is 716. The summed E-state index contributed by atoms with van der Waals surface area (Å²) in [5.41, 5.74) is 1.95. The maximum atomic E-state index is 12.2. The Morgan fingerprint density at radius 3 is 2.54 bits per heavy atom. The van der Waals surface area contributed by atoms with Crippen molar-refractivity contribution in [3.05, 3.63) is 65.2 Å². The minimum absolute atomic E-state index is 0.0189. The molecule has 0 aliphatic carbocycles. The van der Waals surface area contributed by atoms with Crippen LogP contribution in [0.25, 0.3) is 0 Å². The van der Waals surface area contributed by atoms with Crippen molar-refractivity contribution in [1.82, 2.24) is 5.32 Å². The van der Waals surface area contributed by atoms with Gasteiger partial charge in [0, 0.05) is 30.1 Å². The molecule has 1 heterocycles. The molecule has 4 nitrogen and oxygen atoms in total. The molecule has 0 bridgehead atoms. The van der Waals surface area contributed by atoms with Crippen LogP contribution in [0.2, 0.25) is 5.02 Å². The van der Waals surface area contributed by atoms with E-state index >= 15 is 0 Å². The smallest absolute Gasteiger partial charge is 0.229 e. The number of nitrogens with one attached hydrogen (secondary N) is 1. The first-order valence-electron chi connectivity index (χ1n) is 8.01. The number of aryl methyl sites for hydroxylation is 1. The van der Waals surface area contributed by atoms with Crippen LogP contribution in [0.5, 0.6) is 0 Å². The van der Waals surface area contributed by atoms with Gasteiger partial charge in [-0.15, -0.1) is 0 Å². The van der Waals surface area contributed by atoms with Crippen LogP contribution >= 0.6 is 11.6 Å². The SMILES string of the molecule is O=C(CCc1ccccc1)NC1CC(=O)N(c2ccc(Cl)cc2)C1. The van der Waals surface area contributed by atoms with Crippen LogP contribution in [0.4, 0.5) is 5.69 Å². The van der Waals surface area contributed by atoms with E-state index in [1.807, 2.05) is 42.5 Å². The second-order valence-electron chi connectivity index (χ2n) is 5.93. The van der Waals surface area contributed by atoms with Gasteiger partial charge in [0.25, 0.3) is 0 Å². The summed E-state index contributed by atoms with van der Waals surface area (Å²) >= 11 is 5.88. The van der Waals surface area contributed by atoms with Gasteiger partial charge in [-0.3, -0.25) is 9.59 Å². The van der Waals surface area contributed by atoms with E-state index in [4.69, 9.17) is 11.6 Å². The number of carbonyl (C=O) groups is 2. The topological polar surface area (TPSA) is 49.4 Å². The van der Waals surface area contributed by atoms with Gasteiger partial charge >= 0.3 is 0 Å². The summed E-state index contributed by atoms with van der Waals surface area (Å²) in [6, 6.07) is 16.9. The maximum absolute atomic E-state index is 12.2. The summed E-state index contributed by atoms with van der Waals surface area (Å²) in [5, 5.41) is 3.60. The Morgan fingerprint density at radius 2 is 1.83 bits per heavy atom. The molecule has 0 aromatic heterocycles. The van der Waals surface area contributed by atoms with Gasteiger partial charge in [-0.05, 0) is 36.2 Å². The Balaban J connectivity index is 1.52. The van der Waals surface area contributed by atoms with Gasteiger partial charge in [-0.1, -0.05) is 41.9 Å². The predicted molar refractivity (Wildman–Crippen MR) is 95.1 cm³/mol. The van der Waals surface area contributed by atoms with Crippen molar-refractivity contribution in [2.75, 3.05) is 11.4 Å². The Kier molecular flexibility index (Phi) is 5.16. The van der Waals surface area contributed by atoms with Crippen LogP contribution in [0.1, 0.15) is 18.4 Å². The second-order valence-corrected chi connectivity index (χ2v) is 6.37. The molecule has 0 radical (unpaired) electrons. The first kappa shape index (κ1) is 16.5. The van der Waals surface area contributed by atoms with Gasteiger partial charge in [0.05, 0.1) is 6.04 Å². The number of halogens is 1. The third-order valence-corrected chi connectivity index (χ3v) is 4.36. The zero-order valence-electron chi connectivity index (χ0n) is 13.2. The van der Waals surface area contributed by atoms with Crippen molar-refractivity contribution < 1.29 is 9.59 Å². The lowest BCUT2D eigenvalue weighted by Gasteiger charge is -2.17. The molecule has 1 N–H and O–H groups in total. The number of hydrogen-bond acceptors (Lipinski definition) is 2. The average molecular weight is 343 g/mol. The molecule has 124 valence electrons. The molecule has 24 heavy (non-hydrogen) atoms. The van der Waals surface area contributed by atoms with Crippen LogP contribution in [-0.4, -0.2) is 24.4 Å². The quantitative estimate of drug-likeness (QED) is 0.907. The van der Waals surface area contributed by atoms with Gasteiger partial charge in [0.15, 0.2) is 0 Å². The van der Waals surface area contributed by atoms with Crippen LogP contribution in [0, 0.1) is 0 Å². The van der Waals surface area contributed by atoms with Gasteiger partial charge in [-0.25, -0.2) is 0 Å². The fourth-order valence-corrected chi connectivity index (χ4v) is 3.00. The van der Waals surface area contributed by atoms with Crippen molar-refractivity contribution in [3.63, 3.8) is 0 Å². The van der Waals surface area contributed by atoms with E-state index in [2.05, 4.69) is 5.32 Å². The minimum Gasteiger partial charge on any atom is -0.351 e. The normalized spacial score (nSPS) is 17.1. The van der Waals surface area contributed by atoms with Crippen molar-refractivity contribution >= 4 is 29.1 Å². The summed E-state index contributed by atoms with van der Waals surface area (Å²) in [6.45, 7) is 0.498. The summed E-state index contributed by atoms with van der Waals surface area (Å²) in [6.07, 6.45) is 1.46. The third-order valence-electron chi connectivity index (χ3n) is 4.11. The van der Waals surface area contributed by atoms with E-state index in [1.54, 1.807) is 17.0 Å². The lowest BCUT2D eigenvalue weighted by molar-refractivity contribution is -0.121. The molecule has 1 aliphatic heterocycles. The summed E-state index contributed by atoms with van der Waals surface area (Å²) in [4.78, 5) is 26.0. The van der Waals surface area contributed by atoms with Crippen LogP contribution < -0.4 is 10.2 Å². The molecule has 2 aromatic carbocycles. The molecule has 1 unspecified atom stereocenters. The molecular weight excluding hydrogens is 324 g/mol. The first-order chi connectivity index (χ1) is 11.6. The number of amides is 2. The molecular formula is C19H19ClN2O2. The van der Waals surface area contributed by atoms with E-state index in [9.17, 15) is 9.59 Å². The Labute approximate surface area is 146 Å². The highest BCUT2D eigenvalue weighted by molar-refractivity contribution is 6.30. The lowest BCUT2D eigenvalue weighted by Crippen LogP contribution is -2.37. The lowest BCUT2D eigenvalue weighted by atomic mass is 10.1. The van der Waals surface area contributed by atoms with Crippen molar-refractivity contribution in [2.24, 2.45) is 0 Å². The molecule has 2 amide bonds. The predicted octanol–water partition coefficient (Wildman–Crippen LogP) is 3.19. The van der Waals surface area contributed by atoms with Crippen LogP contribution in [0.15, 0.2) is 54.6 Å². The number of benzene rings is 2. The van der Waals surface area contributed by atoms with E-state index < -0.39 is 0 Å². The molecule has 5 heteroatoms. The van der Waals surface area contributed by atoms with Gasteiger partial charge < -0.3 is 10.2 Å². The molecule has 3 rings (SSSR count). The van der Waals surface area contributed by atoms with Crippen LogP contribution in [0.3, 0.4) is 0 Å². The number of carbonyl (C=O) groups excluding carboxylic acids is 2. The fourth-order valence-electron chi connectivity index (χ4n) is 2.88. The molecule has 2 aromatic rings. The van der Waals surface area contributed by atoms with Crippen molar-refractivity contribution in [2.45, 2.75) is 25.3 Å². The number of anilines is 1. The minimum atomic E-state index is -0.142. The van der Waals surface area contributed by atoms with Gasteiger partial charge in [0.2, 0.25) is 11.8 Å². The zero-order valence-corrected chi connectivity index (χ0v) is 14.0. The first-order valence-corrected chi connectivity index (χ1v) is 8.39. The van der Waals surface area contributed by atoms with Gasteiger partial charge in [-0.2, -0.15) is 0 Å². The highest BCUT2D eigenvalue weighted by Gasteiger charge is 2.31. The fraction of sp³-hybridized carbons (Fsp3) is 0.263. The van der Waals surface area contributed by atoms with Crippen LogP contribution in [-0.2, 0) is 16.0 Å². The van der Waals surface area contributed by atoms with E-state index in [0.717, 1.165) is 11.3 Å². The molecule has 0 saturated carbocycles. The summed E-state index contributed by atoms with van der Waals surface area (Å²) in [7, 11) is 0. The number of nitrogens with zero attached hydrogens (tertiary/aromatic N) is 1. The molecule has 1 aliphatic rings. The number of rotatable bonds is 5. The highest BCUT2D eigenvalue weighted by atomic mass is 35.5. The molecule has 1 saturated heterocycles. The van der Waals surface area contributed by atoms with E-state index in [1.165, 1.54) is 0 Å². The third kappa shape index (κ3) is 4.15. The molecule has 0 spiro atoms. The van der Waals surface area contributed by atoms with E-state index in [-0.39, 0.29) is 17.9 Å².